The van der Waals surface area contributed by atoms with E-state index >= 15 is 0 Å². The number of amides is 1. The molecule has 4 nitrogen and oxygen atoms in total. The van der Waals surface area contributed by atoms with Gasteiger partial charge < -0.3 is 15.2 Å². The fourth-order valence-corrected chi connectivity index (χ4v) is 4.25. The first kappa shape index (κ1) is 19.6. The summed E-state index contributed by atoms with van der Waals surface area (Å²) in [6.07, 6.45) is 5.68. The van der Waals surface area contributed by atoms with Crippen LogP contribution in [0.4, 0.5) is 4.39 Å². The molecule has 0 saturated carbocycles. The van der Waals surface area contributed by atoms with Gasteiger partial charge in [0.2, 0.25) is 0 Å². The molecule has 5 heteroatoms. The minimum absolute atomic E-state index is 0.280. The molecule has 1 amide bonds. The number of likely N-dealkylation sites (tertiary alicyclic amines) is 1. The van der Waals surface area contributed by atoms with Gasteiger partial charge in [0.15, 0.2) is 0 Å². The summed E-state index contributed by atoms with van der Waals surface area (Å²) in [6, 6.07) is 6.36. The molecule has 0 spiro atoms. The fraction of sp³-hybridized carbons (Fsp3) is 0.500. The van der Waals surface area contributed by atoms with Crippen LogP contribution in [0.3, 0.4) is 0 Å². The van der Waals surface area contributed by atoms with E-state index in [4.69, 9.17) is 5.73 Å². The van der Waals surface area contributed by atoms with Crippen molar-refractivity contribution in [2.45, 2.75) is 52.5 Å². The van der Waals surface area contributed by atoms with Crippen LogP contribution in [-0.4, -0.2) is 35.0 Å². The van der Waals surface area contributed by atoms with E-state index < -0.39 is 5.91 Å². The van der Waals surface area contributed by atoms with Crippen LogP contribution in [0.5, 0.6) is 0 Å². The molecule has 2 aromatic rings. The quantitative estimate of drug-likeness (QED) is 0.795. The summed E-state index contributed by atoms with van der Waals surface area (Å²) in [5.74, 6) is -0.696. The molecule has 1 aromatic carbocycles. The highest BCUT2D eigenvalue weighted by Gasteiger charge is 2.24. The maximum atomic E-state index is 13.4. The van der Waals surface area contributed by atoms with Crippen molar-refractivity contribution in [1.29, 1.82) is 0 Å². The van der Waals surface area contributed by atoms with Gasteiger partial charge in [-0.05, 0) is 57.0 Å². The van der Waals surface area contributed by atoms with Gasteiger partial charge in [-0.25, -0.2) is 4.39 Å². The Morgan fingerprint density at radius 3 is 2.37 bits per heavy atom. The Morgan fingerprint density at radius 1 is 1.11 bits per heavy atom. The lowest BCUT2D eigenvalue weighted by Crippen LogP contribution is -2.33. The average molecular weight is 372 g/mol. The number of halogens is 1. The second-order valence-electron chi connectivity index (χ2n) is 7.46. The van der Waals surface area contributed by atoms with E-state index in [9.17, 15) is 9.18 Å². The maximum Gasteiger partial charge on any atom is 0.251 e. The summed E-state index contributed by atoms with van der Waals surface area (Å²) >= 11 is 0. The highest BCUT2D eigenvalue weighted by molar-refractivity contribution is 6.02. The zero-order chi connectivity index (χ0) is 19.4. The Bertz CT molecular complexity index is 789. The van der Waals surface area contributed by atoms with Crippen molar-refractivity contribution in [3.8, 4) is 11.1 Å². The van der Waals surface area contributed by atoms with Crippen LogP contribution >= 0.6 is 0 Å². The summed E-state index contributed by atoms with van der Waals surface area (Å²) in [4.78, 5) is 14.8. The predicted octanol–water partition coefficient (Wildman–Crippen LogP) is 4.14. The number of hydrogen-bond donors (Lipinski definition) is 1. The number of piperidine rings is 1. The molecule has 1 aliphatic heterocycles. The maximum absolute atomic E-state index is 13.4. The first-order valence-corrected chi connectivity index (χ1v) is 10.0. The van der Waals surface area contributed by atoms with Gasteiger partial charge in [0.05, 0.1) is 5.56 Å². The smallest absolute Gasteiger partial charge is 0.251 e. The van der Waals surface area contributed by atoms with E-state index in [-0.39, 0.29) is 5.82 Å². The Hall–Kier alpha value is -2.14. The summed E-state index contributed by atoms with van der Waals surface area (Å²) < 4.78 is 15.7. The Balaban J connectivity index is 2.02. The van der Waals surface area contributed by atoms with E-state index in [0.717, 1.165) is 61.5 Å². The predicted molar refractivity (Wildman–Crippen MR) is 107 cm³/mol. The normalized spacial score (nSPS) is 15.2. The van der Waals surface area contributed by atoms with Gasteiger partial charge in [0, 0.05) is 30.0 Å². The minimum atomic E-state index is -0.416. The van der Waals surface area contributed by atoms with Crippen LogP contribution in [0, 0.1) is 12.7 Å². The second kappa shape index (κ2) is 8.70. The molecule has 1 fully saturated rings. The van der Waals surface area contributed by atoms with Gasteiger partial charge in [-0.3, -0.25) is 4.79 Å². The molecule has 1 aromatic heterocycles. The molecule has 2 heterocycles. The lowest BCUT2D eigenvalue weighted by atomic mass is 9.98. The molecule has 2 N–H and O–H groups in total. The number of benzene rings is 1. The largest absolute Gasteiger partial charge is 0.366 e. The number of rotatable bonds is 7. The number of aromatic nitrogens is 1. The number of nitrogens with zero attached hydrogens (tertiary/aromatic N) is 2. The molecule has 3 rings (SSSR count). The Morgan fingerprint density at radius 2 is 1.78 bits per heavy atom. The van der Waals surface area contributed by atoms with E-state index in [0.29, 0.717) is 5.56 Å². The molecule has 1 saturated heterocycles. The molecule has 146 valence electrons. The summed E-state index contributed by atoms with van der Waals surface area (Å²) in [7, 11) is 0. The molecule has 0 aliphatic carbocycles. The van der Waals surface area contributed by atoms with Gasteiger partial charge in [0.25, 0.3) is 5.91 Å². The molecule has 1 aliphatic rings. The number of carbonyl (C=O) groups is 1. The Kier molecular flexibility index (Phi) is 6.32. The van der Waals surface area contributed by atoms with E-state index in [1.165, 1.54) is 31.4 Å². The topological polar surface area (TPSA) is 51.3 Å². The van der Waals surface area contributed by atoms with E-state index in [2.05, 4.69) is 16.4 Å². The van der Waals surface area contributed by atoms with Crippen LogP contribution in [0.25, 0.3) is 11.1 Å². The van der Waals surface area contributed by atoms with Crippen molar-refractivity contribution in [2.24, 2.45) is 5.73 Å². The molecule has 27 heavy (non-hydrogen) atoms. The third-order valence-electron chi connectivity index (χ3n) is 5.59. The standard InChI is InChI=1S/C22H30FN3O/c1-3-7-19-21(17-8-10-18(23)11-9-17)20(22(24)27)16(2)26(19)15-14-25-12-5-4-6-13-25/h8-11H,3-7,12-15H2,1-2H3,(H2,24,27). The fourth-order valence-electron chi connectivity index (χ4n) is 4.25. The zero-order valence-electron chi connectivity index (χ0n) is 16.4. The molecular weight excluding hydrogens is 341 g/mol. The van der Waals surface area contributed by atoms with Crippen molar-refractivity contribution < 1.29 is 9.18 Å². The number of carbonyl (C=O) groups excluding carboxylic acids is 1. The number of nitrogens with two attached hydrogens (primary N) is 1. The van der Waals surface area contributed by atoms with Crippen LogP contribution < -0.4 is 5.73 Å². The van der Waals surface area contributed by atoms with Crippen LogP contribution in [0.2, 0.25) is 0 Å². The number of hydrogen-bond acceptors (Lipinski definition) is 2. The summed E-state index contributed by atoms with van der Waals surface area (Å²) in [5.41, 5.74) is 10.1. The van der Waals surface area contributed by atoms with Crippen LogP contribution in [-0.2, 0) is 13.0 Å². The van der Waals surface area contributed by atoms with Crippen molar-refractivity contribution in [1.82, 2.24) is 9.47 Å². The van der Waals surface area contributed by atoms with Crippen molar-refractivity contribution in [3.05, 3.63) is 47.0 Å². The van der Waals surface area contributed by atoms with Gasteiger partial charge in [-0.2, -0.15) is 0 Å². The molecular formula is C22H30FN3O. The first-order chi connectivity index (χ1) is 13.0. The summed E-state index contributed by atoms with van der Waals surface area (Å²) in [6.45, 7) is 8.24. The van der Waals surface area contributed by atoms with Gasteiger partial charge in [0.1, 0.15) is 5.82 Å². The van der Waals surface area contributed by atoms with E-state index in [1.54, 1.807) is 12.1 Å². The highest BCUT2D eigenvalue weighted by atomic mass is 19.1. The third kappa shape index (κ3) is 4.24. The van der Waals surface area contributed by atoms with Crippen molar-refractivity contribution in [2.75, 3.05) is 19.6 Å². The molecule has 0 radical (unpaired) electrons. The Labute approximate surface area is 161 Å². The molecule has 0 unspecified atom stereocenters. The zero-order valence-corrected chi connectivity index (χ0v) is 16.4. The van der Waals surface area contributed by atoms with Crippen LogP contribution in [0.15, 0.2) is 24.3 Å². The van der Waals surface area contributed by atoms with Gasteiger partial charge >= 0.3 is 0 Å². The second-order valence-corrected chi connectivity index (χ2v) is 7.46. The van der Waals surface area contributed by atoms with Crippen LogP contribution in [0.1, 0.15) is 54.4 Å². The van der Waals surface area contributed by atoms with Crippen molar-refractivity contribution >= 4 is 5.91 Å². The lowest BCUT2D eigenvalue weighted by molar-refractivity contribution is 0.1000. The minimum Gasteiger partial charge on any atom is -0.366 e. The van der Waals surface area contributed by atoms with E-state index in [1.807, 2.05) is 6.92 Å². The van der Waals surface area contributed by atoms with Gasteiger partial charge in [-0.1, -0.05) is 31.9 Å². The SMILES string of the molecule is CCCc1c(-c2ccc(F)cc2)c(C(N)=O)c(C)n1CCN1CCCCC1. The van der Waals surface area contributed by atoms with Gasteiger partial charge in [-0.15, -0.1) is 0 Å². The molecule has 0 bridgehead atoms. The summed E-state index contributed by atoms with van der Waals surface area (Å²) in [5, 5.41) is 0. The monoisotopic (exact) mass is 371 g/mol. The van der Waals surface area contributed by atoms with Crippen molar-refractivity contribution in [3.63, 3.8) is 0 Å². The number of primary amides is 1. The average Bonchev–Trinajstić information content (AvgIpc) is 2.94. The molecule has 0 atom stereocenters. The lowest BCUT2D eigenvalue weighted by Gasteiger charge is -2.27. The third-order valence-corrected chi connectivity index (χ3v) is 5.59. The first-order valence-electron chi connectivity index (χ1n) is 10.0. The highest BCUT2D eigenvalue weighted by Crippen LogP contribution is 2.34.